The summed E-state index contributed by atoms with van der Waals surface area (Å²) >= 11 is 3.48. The molecule has 1 aromatic heterocycles. The molecule has 0 aliphatic carbocycles. The van der Waals surface area contributed by atoms with Crippen molar-refractivity contribution >= 4 is 27.9 Å². The smallest absolute Gasteiger partial charge is 0.264 e. The zero-order valence-electron chi connectivity index (χ0n) is 13.0. The van der Waals surface area contributed by atoms with E-state index in [2.05, 4.69) is 15.9 Å². The van der Waals surface area contributed by atoms with E-state index in [0.29, 0.717) is 24.6 Å². The molecule has 0 saturated heterocycles. The van der Waals surface area contributed by atoms with Crippen molar-refractivity contribution in [3.8, 4) is 17.4 Å². The van der Waals surface area contributed by atoms with Gasteiger partial charge in [-0.25, -0.2) is 0 Å². The molecule has 0 N–H and O–H groups in total. The van der Waals surface area contributed by atoms with Gasteiger partial charge in [0, 0.05) is 29.2 Å². The molecule has 2 aromatic rings. The molecule has 1 heterocycles. The highest BCUT2D eigenvalue weighted by atomic mass is 79.9. The fraction of sp³-hybridized carbons (Fsp3) is 0.222. The molecule has 23 heavy (non-hydrogen) atoms. The fourth-order valence-electron chi connectivity index (χ4n) is 2.20. The molecule has 0 bridgehead atoms. The van der Waals surface area contributed by atoms with E-state index in [0.717, 1.165) is 10.0 Å². The predicted octanol–water partition coefficient (Wildman–Crippen LogP) is 4.48. The molecule has 0 radical (unpaired) electrons. The summed E-state index contributed by atoms with van der Waals surface area (Å²) in [4.78, 5) is 13.9. The number of carbonyl (C=O) groups excluding carboxylic acids is 1. The number of rotatable bonds is 5. The monoisotopic (exact) mass is 372 g/mol. The largest absolute Gasteiger partial charge is 0.457 e. The van der Waals surface area contributed by atoms with Gasteiger partial charge < -0.3 is 9.32 Å². The van der Waals surface area contributed by atoms with Gasteiger partial charge in [-0.3, -0.25) is 4.79 Å². The van der Waals surface area contributed by atoms with Crippen LogP contribution in [0.2, 0.25) is 0 Å². The third-order valence-corrected chi connectivity index (χ3v) is 4.15. The number of nitriles is 1. The summed E-state index contributed by atoms with van der Waals surface area (Å²) in [6, 6.07) is 13.2. The number of hydrogen-bond donors (Lipinski definition) is 0. The highest BCUT2D eigenvalue weighted by molar-refractivity contribution is 9.10. The number of nitrogens with zero attached hydrogens (tertiary/aromatic N) is 2. The van der Waals surface area contributed by atoms with Gasteiger partial charge in [0.2, 0.25) is 0 Å². The van der Waals surface area contributed by atoms with Gasteiger partial charge in [-0.2, -0.15) is 5.26 Å². The van der Waals surface area contributed by atoms with Crippen LogP contribution in [-0.4, -0.2) is 23.9 Å². The molecule has 2 rings (SSSR count). The highest BCUT2D eigenvalue weighted by Crippen LogP contribution is 2.30. The van der Waals surface area contributed by atoms with E-state index in [1.807, 2.05) is 50.2 Å². The van der Waals surface area contributed by atoms with E-state index in [9.17, 15) is 10.1 Å². The molecule has 0 atom stereocenters. The quantitative estimate of drug-likeness (QED) is 0.573. The lowest BCUT2D eigenvalue weighted by Crippen LogP contribution is -2.31. The Bertz CT molecular complexity index is 767. The zero-order chi connectivity index (χ0) is 16.8. The molecule has 0 aliphatic rings. The van der Waals surface area contributed by atoms with E-state index in [1.54, 1.807) is 11.0 Å². The number of halogens is 1. The maximum Gasteiger partial charge on any atom is 0.264 e. The van der Waals surface area contributed by atoms with Crippen molar-refractivity contribution in [3.05, 3.63) is 52.2 Å². The van der Waals surface area contributed by atoms with E-state index in [4.69, 9.17) is 4.42 Å². The average molecular weight is 373 g/mol. The van der Waals surface area contributed by atoms with Gasteiger partial charge in [0.15, 0.2) is 0 Å². The second-order valence-electron chi connectivity index (χ2n) is 4.83. The van der Waals surface area contributed by atoms with E-state index in [-0.39, 0.29) is 11.5 Å². The second-order valence-corrected chi connectivity index (χ2v) is 5.68. The van der Waals surface area contributed by atoms with Gasteiger partial charge in [-0.1, -0.05) is 34.1 Å². The van der Waals surface area contributed by atoms with Crippen molar-refractivity contribution in [3.63, 3.8) is 0 Å². The Morgan fingerprint density at radius 3 is 2.57 bits per heavy atom. The maximum atomic E-state index is 12.3. The van der Waals surface area contributed by atoms with E-state index < -0.39 is 0 Å². The minimum absolute atomic E-state index is 0.0710. The number of benzene rings is 1. The summed E-state index contributed by atoms with van der Waals surface area (Å²) in [6.45, 7) is 4.89. The predicted molar refractivity (Wildman–Crippen MR) is 93.4 cm³/mol. The SMILES string of the molecule is CCN(CC)C(=O)C(C#N)=Cc1ccc(-c2ccccc2Br)o1. The van der Waals surface area contributed by atoms with Crippen LogP contribution in [0.15, 0.2) is 50.9 Å². The van der Waals surface area contributed by atoms with Crippen LogP contribution in [0, 0.1) is 11.3 Å². The number of furan rings is 1. The average Bonchev–Trinajstić information content (AvgIpc) is 3.02. The lowest BCUT2D eigenvalue weighted by molar-refractivity contribution is -0.126. The number of hydrogen-bond acceptors (Lipinski definition) is 3. The number of likely N-dealkylation sites (N-methyl/N-ethyl adjacent to an activating group) is 1. The van der Waals surface area contributed by atoms with Crippen molar-refractivity contribution < 1.29 is 9.21 Å². The molecule has 118 valence electrons. The van der Waals surface area contributed by atoms with Crippen LogP contribution in [0.3, 0.4) is 0 Å². The third kappa shape index (κ3) is 3.91. The number of amides is 1. The van der Waals surface area contributed by atoms with Gasteiger partial charge >= 0.3 is 0 Å². The summed E-state index contributed by atoms with van der Waals surface area (Å²) in [7, 11) is 0. The molecule has 0 unspecified atom stereocenters. The summed E-state index contributed by atoms with van der Waals surface area (Å²) in [6.07, 6.45) is 1.49. The molecule has 0 saturated carbocycles. The van der Waals surface area contributed by atoms with E-state index in [1.165, 1.54) is 6.08 Å². The van der Waals surface area contributed by atoms with Gasteiger partial charge in [0.25, 0.3) is 5.91 Å². The second kappa shape index (κ2) is 7.80. The molecule has 5 heteroatoms. The van der Waals surface area contributed by atoms with Crippen molar-refractivity contribution in [2.45, 2.75) is 13.8 Å². The Morgan fingerprint density at radius 1 is 1.26 bits per heavy atom. The lowest BCUT2D eigenvalue weighted by Gasteiger charge is -2.17. The Balaban J connectivity index is 2.31. The molecule has 0 spiro atoms. The first-order chi connectivity index (χ1) is 11.1. The first-order valence-electron chi connectivity index (χ1n) is 7.36. The summed E-state index contributed by atoms with van der Waals surface area (Å²) < 4.78 is 6.67. The van der Waals surface area contributed by atoms with Gasteiger partial charge in [0.1, 0.15) is 23.2 Å². The molecule has 4 nitrogen and oxygen atoms in total. The summed E-state index contributed by atoms with van der Waals surface area (Å²) in [5.74, 6) is 0.875. The minimum atomic E-state index is -0.281. The number of carbonyl (C=O) groups is 1. The van der Waals surface area contributed by atoms with Crippen LogP contribution in [0.25, 0.3) is 17.4 Å². The van der Waals surface area contributed by atoms with E-state index >= 15 is 0 Å². The van der Waals surface area contributed by atoms with Gasteiger partial charge in [0.05, 0.1) is 0 Å². The summed E-state index contributed by atoms with van der Waals surface area (Å²) in [5.41, 5.74) is 0.988. The van der Waals surface area contributed by atoms with Crippen molar-refractivity contribution in [1.29, 1.82) is 5.26 Å². The standard InChI is InChI=1S/C18H17BrN2O2/c1-3-21(4-2)18(22)13(12-20)11-14-9-10-17(23-14)15-7-5-6-8-16(15)19/h5-11H,3-4H2,1-2H3. The van der Waals surface area contributed by atoms with Crippen LogP contribution in [-0.2, 0) is 4.79 Å². The Hall–Kier alpha value is -2.32. The zero-order valence-corrected chi connectivity index (χ0v) is 14.6. The van der Waals surface area contributed by atoms with Crippen LogP contribution in [0.4, 0.5) is 0 Å². The Morgan fingerprint density at radius 2 is 1.96 bits per heavy atom. The Labute approximate surface area is 144 Å². The highest BCUT2D eigenvalue weighted by Gasteiger charge is 2.16. The topological polar surface area (TPSA) is 57.2 Å². The summed E-state index contributed by atoms with van der Waals surface area (Å²) in [5, 5.41) is 9.25. The fourth-order valence-corrected chi connectivity index (χ4v) is 2.68. The van der Waals surface area contributed by atoms with Gasteiger partial charge in [-0.15, -0.1) is 0 Å². The van der Waals surface area contributed by atoms with Crippen molar-refractivity contribution in [2.24, 2.45) is 0 Å². The van der Waals surface area contributed by atoms with Crippen LogP contribution in [0.5, 0.6) is 0 Å². The molecule has 1 amide bonds. The lowest BCUT2D eigenvalue weighted by atomic mass is 10.2. The Kier molecular flexibility index (Phi) is 5.78. The molecule has 0 fully saturated rings. The first-order valence-corrected chi connectivity index (χ1v) is 8.15. The third-order valence-electron chi connectivity index (χ3n) is 3.45. The van der Waals surface area contributed by atoms with Crippen molar-refractivity contribution in [2.75, 3.05) is 13.1 Å². The first kappa shape index (κ1) is 17.0. The van der Waals surface area contributed by atoms with Crippen LogP contribution in [0.1, 0.15) is 19.6 Å². The molecule has 1 aromatic carbocycles. The van der Waals surface area contributed by atoms with Gasteiger partial charge in [-0.05, 0) is 32.0 Å². The normalized spacial score (nSPS) is 11.1. The van der Waals surface area contributed by atoms with Crippen LogP contribution >= 0.6 is 15.9 Å². The molecule has 0 aliphatic heterocycles. The van der Waals surface area contributed by atoms with Crippen LogP contribution < -0.4 is 0 Å². The maximum absolute atomic E-state index is 12.3. The molecular weight excluding hydrogens is 356 g/mol. The molecular formula is C18H17BrN2O2. The van der Waals surface area contributed by atoms with Crippen molar-refractivity contribution in [1.82, 2.24) is 4.90 Å². The minimum Gasteiger partial charge on any atom is -0.457 e.